The standard InChI is InChI=1S/C24H32ClNO2S/c1-4-6-13-24(14-7-5-2)17-26(19-11-9-8-10-12-19)21-15-20(25)22(28-3)16-23(21)29(27)18-24/h8-12,15-16H,4-7,13-14,17-18H2,1-3H3. The number of halogens is 1. The maximum absolute atomic E-state index is 13.6. The third-order valence-electron chi connectivity index (χ3n) is 5.89. The van der Waals surface area contributed by atoms with Gasteiger partial charge >= 0.3 is 0 Å². The molecule has 0 radical (unpaired) electrons. The molecular formula is C24H32ClNO2S. The molecule has 5 heteroatoms. The van der Waals surface area contributed by atoms with E-state index in [0.29, 0.717) is 16.5 Å². The van der Waals surface area contributed by atoms with Gasteiger partial charge in [0.2, 0.25) is 0 Å². The lowest BCUT2D eigenvalue weighted by atomic mass is 9.79. The molecule has 3 rings (SSSR count). The highest BCUT2D eigenvalue weighted by molar-refractivity contribution is 7.85. The highest BCUT2D eigenvalue weighted by Gasteiger charge is 2.39. The fraction of sp³-hybridized carbons (Fsp3) is 0.500. The predicted octanol–water partition coefficient (Wildman–Crippen LogP) is 6.97. The molecule has 158 valence electrons. The van der Waals surface area contributed by atoms with Crippen molar-refractivity contribution in [1.82, 2.24) is 0 Å². The van der Waals surface area contributed by atoms with E-state index in [-0.39, 0.29) is 5.41 Å². The van der Waals surface area contributed by atoms with Gasteiger partial charge in [0.25, 0.3) is 0 Å². The fourth-order valence-corrected chi connectivity index (χ4v) is 6.23. The smallest absolute Gasteiger partial charge is 0.138 e. The SMILES string of the molecule is CCCCC1(CCCC)CN(c2ccccc2)c2cc(Cl)c(OC)cc2S(=O)C1. The molecule has 0 saturated heterocycles. The number of methoxy groups -OCH3 is 1. The van der Waals surface area contributed by atoms with Crippen molar-refractivity contribution in [2.24, 2.45) is 5.41 Å². The van der Waals surface area contributed by atoms with Crippen molar-refractivity contribution < 1.29 is 8.95 Å². The summed E-state index contributed by atoms with van der Waals surface area (Å²) in [5, 5.41) is 0.554. The molecule has 0 aliphatic carbocycles. The molecule has 1 aliphatic rings. The zero-order valence-corrected chi connectivity index (χ0v) is 19.3. The molecule has 2 aromatic carbocycles. The minimum absolute atomic E-state index is 0.0193. The molecule has 3 nitrogen and oxygen atoms in total. The van der Waals surface area contributed by atoms with Crippen molar-refractivity contribution in [3.63, 3.8) is 0 Å². The minimum Gasteiger partial charge on any atom is -0.495 e. The number of hydrogen-bond acceptors (Lipinski definition) is 3. The molecular weight excluding hydrogens is 402 g/mol. The van der Waals surface area contributed by atoms with Crippen LogP contribution in [0.2, 0.25) is 5.02 Å². The maximum Gasteiger partial charge on any atom is 0.138 e. The number of fused-ring (bicyclic) bond motifs is 1. The van der Waals surface area contributed by atoms with Gasteiger partial charge in [-0.3, -0.25) is 4.21 Å². The van der Waals surface area contributed by atoms with E-state index in [0.717, 1.165) is 61.3 Å². The van der Waals surface area contributed by atoms with Crippen molar-refractivity contribution in [3.05, 3.63) is 47.5 Å². The molecule has 0 bridgehead atoms. The number of ether oxygens (including phenoxy) is 1. The molecule has 1 aliphatic heterocycles. The number of unbranched alkanes of at least 4 members (excludes halogenated alkanes) is 2. The summed E-state index contributed by atoms with van der Waals surface area (Å²) in [4.78, 5) is 3.15. The highest BCUT2D eigenvalue weighted by Crippen LogP contribution is 2.46. The van der Waals surface area contributed by atoms with Crippen LogP contribution >= 0.6 is 11.6 Å². The van der Waals surface area contributed by atoms with Gasteiger partial charge in [-0.1, -0.05) is 69.3 Å². The van der Waals surface area contributed by atoms with Crippen LogP contribution in [-0.4, -0.2) is 23.6 Å². The van der Waals surface area contributed by atoms with Crippen LogP contribution in [0, 0.1) is 5.41 Å². The Kier molecular flexibility index (Phi) is 7.64. The van der Waals surface area contributed by atoms with Crippen LogP contribution in [-0.2, 0) is 10.8 Å². The molecule has 1 heterocycles. The van der Waals surface area contributed by atoms with Crippen LogP contribution in [0.1, 0.15) is 52.4 Å². The first-order valence-corrected chi connectivity index (χ1v) is 12.3. The van der Waals surface area contributed by atoms with Crippen LogP contribution in [0.15, 0.2) is 47.4 Å². The first-order valence-electron chi connectivity index (χ1n) is 10.6. The van der Waals surface area contributed by atoms with Crippen LogP contribution < -0.4 is 9.64 Å². The molecule has 1 atom stereocenters. The van der Waals surface area contributed by atoms with Crippen LogP contribution in [0.25, 0.3) is 0 Å². The summed E-state index contributed by atoms with van der Waals surface area (Å²) in [6.07, 6.45) is 6.81. The summed E-state index contributed by atoms with van der Waals surface area (Å²) in [6.45, 7) is 5.32. The van der Waals surface area contributed by atoms with Crippen molar-refractivity contribution >= 4 is 33.8 Å². The number of benzene rings is 2. The molecule has 0 N–H and O–H groups in total. The van der Waals surface area contributed by atoms with Gasteiger partial charge < -0.3 is 9.64 Å². The first kappa shape index (κ1) is 22.2. The van der Waals surface area contributed by atoms with E-state index in [1.807, 2.05) is 18.2 Å². The molecule has 29 heavy (non-hydrogen) atoms. The van der Waals surface area contributed by atoms with E-state index >= 15 is 0 Å². The largest absolute Gasteiger partial charge is 0.495 e. The second-order valence-corrected chi connectivity index (χ2v) is 9.90. The fourth-order valence-electron chi connectivity index (χ4n) is 4.27. The third-order valence-corrected chi connectivity index (χ3v) is 7.88. The zero-order valence-electron chi connectivity index (χ0n) is 17.7. The molecule has 0 saturated carbocycles. The maximum atomic E-state index is 13.6. The number of hydrogen-bond donors (Lipinski definition) is 0. The minimum atomic E-state index is -1.10. The number of para-hydroxylation sites is 1. The van der Waals surface area contributed by atoms with Gasteiger partial charge in [0, 0.05) is 23.4 Å². The molecule has 0 amide bonds. The summed E-state index contributed by atoms with van der Waals surface area (Å²) >= 11 is 6.50. The normalized spacial score (nSPS) is 18.2. The average Bonchev–Trinajstić information content (AvgIpc) is 2.85. The summed E-state index contributed by atoms with van der Waals surface area (Å²) in [5.74, 6) is 1.27. The van der Waals surface area contributed by atoms with Crippen LogP contribution in [0.3, 0.4) is 0 Å². The lowest BCUT2D eigenvalue weighted by molar-refractivity contribution is 0.272. The number of nitrogens with zero attached hydrogens (tertiary/aromatic N) is 1. The Bertz CT molecular complexity index is 832. The van der Waals surface area contributed by atoms with Gasteiger partial charge in [0.15, 0.2) is 0 Å². The average molecular weight is 434 g/mol. The van der Waals surface area contributed by atoms with E-state index in [2.05, 4.69) is 43.0 Å². The van der Waals surface area contributed by atoms with Gasteiger partial charge in [-0.25, -0.2) is 0 Å². The predicted molar refractivity (Wildman–Crippen MR) is 124 cm³/mol. The lowest BCUT2D eigenvalue weighted by Crippen LogP contribution is -2.37. The van der Waals surface area contributed by atoms with E-state index in [9.17, 15) is 4.21 Å². The molecule has 1 unspecified atom stereocenters. The summed E-state index contributed by atoms with van der Waals surface area (Å²) < 4.78 is 19.0. The first-order chi connectivity index (χ1) is 14.0. The van der Waals surface area contributed by atoms with Gasteiger partial charge in [0.1, 0.15) is 5.75 Å². The Morgan fingerprint density at radius 3 is 2.34 bits per heavy atom. The highest BCUT2D eigenvalue weighted by atomic mass is 35.5. The van der Waals surface area contributed by atoms with Crippen molar-refractivity contribution in [2.45, 2.75) is 57.3 Å². The van der Waals surface area contributed by atoms with Gasteiger partial charge in [0.05, 0.1) is 33.5 Å². The third kappa shape index (κ3) is 4.97. The quantitative estimate of drug-likeness (QED) is 0.449. The molecule has 0 spiro atoms. The molecule has 0 aromatic heterocycles. The van der Waals surface area contributed by atoms with Gasteiger partial charge in [-0.2, -0.15) is 0 Å². The summed E-state index contributed by atoms with van der Waals surface area (Å²) in [5.41, 5.74) is 2.08. The molecule has 0 fully saturated rings. The van der Waals surface area contributed by atoms with Crippen molar-refractivity contribution in [1.29, 1.82) is 0 Å². The number of anilines is 2. The lowest BCUT2D eigenvalue weighted by Gasteiger charge is -2.37. The Hall–Kier alpha value is -1.52. The topological polar surface area (TPSA) is 29.5 Å². The van der Waals surface area contributed by atoms with E-state index in [4.69, 9.17) is 16.3 Å². The van der Waals surface area contributed by atoms with Crippen molar-refractivity contribution in [2.75, 3.05) is 24.3 Å². The Balaban J connectivity index is 2.15. The monoisotopic (exact) mass is 433 g/mol. The van der Waals surface area contributed by atoms with E-state index < -0.39 is 10.8 Å². The second kappa shape index (κ2) is 9.99. The zero-order chi connectivity index (χ0) is 20.9. The summed E-state index contributed by atoms with van der Waals surface area (Å²) in [7, 11) is 0.502. The Labute approximate surface area is 182 Å². The van der Waals surface area contributed by atoms with Gasteiger partial charge in [-0.05, 0) is 37.1 Å². The van der Waals surface area contributed by atoms with E-state index in [1.165, 1.54) is 0 Å². The van der Waals surface area contributed by atoms with Crippen molar-refractivity contribution in [3.8, 4) is 5.75 Å². The van der Waals surface area contributed by atoms with Gasteiger partial charge in [-0.15, -0.1) is 0 Å². The van der Waals surface area contributed by atoms with Crippen LogP contribution in [0.4, 0.5) is 11.4 Å². The Morgan fingerprint density at radius 1 is 1.10 bits per heavy atom. The van der Waals surface area contributed by atoms with E-state index in [1.54, 1.807) is 7.11 Å². The Morgan fingerprint density at radius 2 is 1.76 bits per heavy atom. The molecule has 2 aromatic rings. The summed E-state index contributed by atoms with van der Waals surface area (Å²) in [6, 6.07) is 14.2. The number of rotatable bonds is 8. The second-order valence-electron chi connectivity index (χ2n) is 8.07. The van der Waals surface area contributed by atoms with Crippen LogP contribution in [0.5, 0.6) is 5.75 Å².